The van der Waals surface area contributed by atoms with Crippen LogP contribution in [0.4, 0.5) is 17.3 Å². The number of amides is 1. The van der Waals surface area contributed by atoms with Crippen molar-refractivity contribution in [3.05, 3.63) is 22.2 Å². The number of nitrogen functional groups attached to an aromatic ring is 1. The van der Waals surface area contributed by atoms with Gasteiger partial charge in [-0.15, -0.1) is 0 Å². The van der Waals surface area contributed by atoms with Crippen LogP contribution < -0.4 is 21.9 Å². The number of pyridine rings is 1. The van der Waals surface area contributed by atoms with E-state index in [0.717, 1.165) is 25.7 Å². The van der Waals surface area contributed by atoms with Crippen molar-refractivity contribution < 1.29 is 9.72 Å². The summed E-state index contributed by atoms with van der Waals surface area (Å²) in [6.45, 7) is -0.0250. The van der Waals surface area contributed by atoms with Gasteiger partial charge in [-0.05, 0) is 12.8 Å². The van der Waals surface area contributed by atoms with Crippen molar-refractivity contribution in [2.75, 3.05) is 16.9 Å². The Labute approximate surface area is 121 Å². The average molecular weight is 294 g/mol. The summed E-state index contributed by atoms with van der Waals surface area (Å²) in [6, 6.07) is 2.68. The number of carbonyl (C=O) groups excluding carboxylic acids is 1. The highest BCUT2D eigenvalue weighted by molar-refractivity contribution is 5.79. The fraction of sp³-hybridized carbons (Fsp3) is 0.500. The summed E-state index contributed by atoms with van der Waals surface area (Å²) < 4.78 is 0. The molecule has 1 fully saturated rings. The minimum Gasteiger partial charge on any atom is -0.368 e. The highest BCUT2D eigenvalue weighted by Crippen LogP contribution is 2.30. The zero-order valence-electron chi connectivity index (χ0n) is 11.5. The molecule has 2 rings (SSSR count). The smallest absolute Gasteiger partial charge is 0.276 e. The maximum Gasteiger partial charge on any atom is 0.276 e. The molecule has 1 heterocycles. The fourth-order valence-electron chi connectivity index (χ4n) is 2.61. The van der Waals surface area contributed by atoms with Gasteiger partial charge in [-0.3, -0.25) is 14.9 Å². The summed E-state index contributed by atoms with van der Waals surface area (Å²) >= 11 is 0. The molecule has 0 saturated heterocycles. The average Bonchev–Trinajstić information content (AvgIpc) is 2.97. The number of nitrogens with two attached hydrogens (primary N) is 2. The van der Waals surface area contributed by atoms with E-state index >= 15 is 0 Å². The third-order valence-corrected chi connectivity index (χ3v) is 3.54. The number of nitrogens with zero attached hydrogens (tertiary/aromatic N) is 3. The fourth-order valence-corrected chi connectivity index (χ4v) is 2.61. The van der Waals surface area contributed by atoms with Crippen LogP contribution in [0.5, 0.6) is 0 Å². The molecule has 1 amide bonds. The van der Waals surface area contributed by atoms with Crippen LogP contribution in [-0.4, -0.2) is 28.4 Å². The van der Waals surface area contributed by atoms with Gasteiger partial charge in [-0.2, -0.15) is 0 Å². The van der Waals surface area contributed by atoms with E-state index in [0.29, 0.717) is 5.82 Å². The van der Waals surface area contributed by atoms with Crippen LogP contribution in [0.2, 0.25) is 0 Å². The zero-order chi connectivity index (χ0) is 15.4. The molecule has 1 aliphatic carbocycles. The Morgan fingerprint density at radius 1 is 1.48 bits per heavy atom. The van der Waals surface area contributed by atoms with Gasteiger partial charge in [0.25, 0.3) is 5.69 Å². The van der Waals surface area contributed by atoms with Crippen molar-refractivity contribution in [3.63, 3.8) is 0 Å². The molecule has 5 N–H and O–H groups in total. The van der Waals surface area contributed by atoms with Gasteiger partial charge in [-0.25, -0.2) is 10.8 Å². The van der Waals surface area contributed by atoms with Gasteiger partial charge in [-0.1, -0.05) is 12.8 Å². The quantitative estimate of drug-likeness (QED) is 0.394. The lowest BCUT2D eigenvalue weighted by molar-refractivity contribution is -0.384. The number of hydrogen-bond acceptors (Lipinski definition) is 7. The van der Waals surface area contributed by atoms with Gasteiger partial charge in [0.05, 0.1) is 23.6 Å². The minimum atomic E-state index is -0.525. The van der Waals surface area contributed by atoms with E-state index in [1.807, 2.05) is 0 Å². The van der Waals surface area contributed by atoms with Crippen molar-refractivity contribution in [2.45, 2.75) is 31.7 Å². The molecule has 0 unspecified atom stereocenters. The summed E-state index contributed by atoms with van der Waals surface area (Å²) in [6.07, 6.45) is 3.92. The Morgan fingerprint density at radius 2 is 2.14 bits per heavy atom. The number of rotatable bonds is 6. The van der Waals surface area contributed by atoms with E-state index in [4.69, 9.17) is 11.6 Å². The lowest BCUT2D eigenvalue weighted by Crippen LogP contribution is -2.40. The van der Waals surface area contributed by atoms with Crippen molar-refractivity contribution in [3.8, 4) is 0 Å². The summed E-state index contributed by atoms with van der Waals surface area (Å²) in [5.41, 5.74) is 7.45. The molecular weight excluding hydrogens is 276 g/mol. The first-order valence-electron chi connectivity index (χ1n) is 6.69. The summed E-state index contributed by atoms with van der Waals surface area (Å²) in [4.78, 5) is 27.7. The van der Waals surface area contributed by atoms with Crippen LogP contribution in [0.3, 0.4) is 0 Å². The van der Waals surface area contributed by atoms with Gasteiger partial charge in [0.2, 0.25) is 5.91 Å². The molecule has 114 valence electrons. The first kappa shape index (κ1) is 15.0. The SMILES string of the molecule is NNc1cc([N+](=O)[O-])cc(N(CC(N)=O)C2CCCC2)n1. The molecule has 0 atom stereocenters. The van der Waals surface area contributed by atoms with Crippen LogP contribution >= 0.6 is 0 Å². The lowest BCUT2D eigenvalue weighted by atomic mass is 10.2. The normalized spacial score (nSPS) is 14.9. The van der Waals surface area contributed by atoms with Gasteiger partial charge in [0.15, 0.2) is 0 Å². The van der Waals surface area contributed by atoms with Gasteiger partial charge < -0.3 is 16.1 Å². The molecule has 0 radical (unpaired) electrons. The first-order chi connectivity index (χ1) is 10.0. The van der Waals surface area contributed by atoms with Crippen molar-refractivity contribution in [2.24, 2.45) is 11.6 Å². The van der Waals surface area contributed by atoms with E-state index < -0.39 is 10.8 Å². The number of carbonyl (C=O) groups is 1. The lowest BCUT2D eigenvalue weighted by Gasteiger charge is -2.28. The van der Waals surface area contributed by atoms with Gasteiger partial charge in [0, 0.05) is 6.04 Å². The number of anilines is 2. The summed E-state index contributed by atoms with van der Waals surface area (Å²) in [5.74, 6) is 5.30. The number of primary amides is 1. The van der Waals surface area contributed by atoms with Crippen LogP contribution in [0.1, 0.15) is 25.7 Å². The second-order valence-electron chi connectivity index (χ2n) is 5.00. The minimum absolute atomic E-state index is 0.0250. The largest absolute Gasteiger partial charge is 0.368 e. The third-order valence-electron chi connectivity index (χ3n) is 3.54. The number of hydrazine groups is 1. The number of aromatic nitrogens is 1. The van der Waals surface area contributed by atoms with Gasteiger partial charge >= 0.3 is 0 Å². The molecule has 9 heteroatoms. The maximum atomic E-state index is 11.3. The van der Waals surface area contributed by atoms with Crippen LogP contribution in [-0.2, 0) is 4.79 Å². The van der Waals surface area contributed by atoms with Crippen LogP contribution in [0, 0.1) is 10.1 Å². The molecule has 0 spiro atoms. The molecule has 9 nitrogen and oxygen atoms in total. The van der Waals surface area contributed by atoms with Crippen molar-refractivity contribution in [1.82, 2.24) is 4.98 Å². The Bertz CT molecular complexity index is 544. The molecule has 1 aliphatic rings. The van der Waals surface area contributed by atoms with E-state index in [-0.39, 0.29) is 24.1 Å². The first-order valence-corrected chi connectivity index (χ1v) is 6.69. The predicted octanol–water partition coefficient (Wildman–Crippen LogP) is 0.510. The molecule has 0 aromatic carbocycles. The van der Waals surface area contributed by atoms with E-state index in [1.54, 1.807) is 4.90 Å². The van der Waals surface area contributed by atoms with E-state index in [2.05, 4.69) is 10.4 Å². The Kier molecular flexibility index (Phi) is 4.53. The molecular formula is C12H18N6O3. The maximum absolute atomic E-state index is 11.3. The van der Waals surface area contributed by atoms with Crippen molar-refractivity contribution in [1.29, 1.82) is 0 Å². The molecule has 0 aliphatic heterocycles. The Morgan fingerprint density at radius 3 is 2.67 bits per heavy atom. The van der Waals surface area contributed by atoms with E-state index in [1.165, 1.54) is 12.1 Å². The van der Waals surface area contributed by atoms with Crippen LogP contribution in [0.15, 0.2) is 12.1 Å². The monoisotopic (exact) mass is 294 g/mol. The number of hydrogen-bond donors (Lipinski definition) is 3. The van der Waals surface area contributed by atoms with Gasteiger partial charge in [0.1, 0.15) is 11.6 Å². The van der Waals surface area contributed by atoms with E-state index in [9.17, 15) is 14.9 Å². The molecule has 0 bridgehead atoms. The number of nitrogens with one attached hydrogen (secondary N) is 1. The highest BCUT2D eigenvalue weighted by Gasteiger charge is 2.26. The third kappa shape index (κ3) is 3.57. The topological polar surface area (TPSA) is 140 Å². The molecule has 21 heavy (non-hydrogen) atoms. The number of nitro groups is 1. The predicted molar refractivity (Wildman–Crippen MR) is 77.5 cm³/mol. The van der Waals surface area contributed by atoms with Crippen molar-refractivity contribution >= 4 is 23.2 Å². The zero-order valence-corrected chi connectivity index (χ0v) is 11.5. The molecule has 1 aromatic rings. The molecule has 1 saturated carbocycles. The summed E-state index contributed by atoms with van der Waals surface area (Å²) in [7, 11) is 0. The highest BCUT2D eigenvalue weighted by atomic mass is 16.6. The summed E-state index contributed by atoms with van der Waals surface area (Å²) in [5, 5.41) is 11.0. The molecule has 1 aromatic heterocycles. The second-order valence-corrected chi connectivity index (χ2v) is 5.00. The Balaban J connectivity index is 2.39. The van der Waals surface area contributed by atoms with Crippen LogP contribution in [0.25, 0.3) is 0 Å². The standard InChI is InChI=1S/C12H18N6O3/c13-10(19)7-17(8-3-1-2-4-8)12-6-9(18(20)21)5-11(15-12)16-14/h5-6,8H,1-4,7,14H2,(H2,13,19)(H,15,16). The Hall–Kier alpha value is -2.42. The second kappa shape index (κ2) is 6.35.